The van der Waals surface area contributed by atoms with Crippen molar-refractivity contribution in [3.8, 4) is 0 Å². The van der Waals surface area contributed by atoms with Gasteiger partial charge in [0.25, 0.3) is 0 Å². The number of rotatable bonds is 7. The maximum Gasteiger partial charge on any atom is 0.239 e. The lowest BCUT2D eigenvalue weighted by Gasteiger charge is -2.29. The van der Waals surface area contributed by atoms with Crippen LogP contribution in [0.5, 0.6) is 0 Å². The minimum absolute atomic E-state index is 0.0380. The molecule has 164 valence electrons. The van der Waals surface area contributed by atoms with Gasteiger partial charge in [-0.25, -0.2) is 4.98 Å². The highest BCUT2D eigenvalue weighted by atomic mass is 35.5. The number of carbonyl (C=O) groups is 1. The van der Waals surface area contributed by atoms with Gasteiger partial charge in [-0.05, 0) is 48.9 Å². The molecule has 0 N–H and O–H groups in total. The molecule has 9 heteroatoms. The fourth-order valence-electron chi connectivity index (χ4n) is 3.41. The molecule has 0 aliphatic carbocycles. The highest BCUT2D eigenvalue weighted by Gasteiger charge is 2.22. The van der Waals surface area contributed by atoms with Crippen LogP contribution in [-0.2, 0) is 9.53 Å². The molecule has 1 aliphatic rings. The summed E-state index contributed by atoms with van der Waals surface area (Å²) in [5.41, 5.74) is 1.92. The van der Waals surface area contributed by atoms with Crippen molar-refractivity contribution in [3.63, 3.8) is 0 Å². The molecular weight excluding hydrogens is 473 g/mol. The van der Waals surface area contributed by atoms with Gasteiger partial charge in [-0.15, -0.1) is 11.8 Å². The first-order chi connectivity index (χ1) is 15.0. The third-order valence-electron chi connectivity index (χ3n) is 5.09. The van der Waals surface area contributed by atoms with E-state index in [2.05, 4.69) is 4.90 Å². The Morgan fingerprint density at radius 2 is 1.94 bits per heavy atom. The van der Waals surface area contributed by atoms with E-state index in [9.17, 15) is 4.79 Å². The summed E-state index contributed by atoms with van der Waals surface area (Å²) in [5, 5.41) is 2.09. The number of hydrogen-bond donors (Lipinski definition) is 0. The van der Waals surface area contributed by atoms with E-state index in [1.807, 2.05) is 48.2 Å². The molecule has 0 atom stereocenters. The quantitative estimate of drug-likeness (QED) is 0.412. The summed E-state index contributed by atoms with van der Waals surface area (Å²) in [6.45, 7) is 6.61. The van der Waals surface area contributed by atoms with Crippen molar-refractivity contribution < 1.29 is 9.53 Å². The summed E-state index contributed by atoms with van der Waals surface area (Å²) in [5.74, 6) is 0.372. The minimum atomic E-state index is 0.0380. The van der Waals surface area contributed by atoms with E-state index in [4.69, 9.17) is 32.9 Å². The first kappa shape index (κ1) is 22.8. The van der Waals surface area contributed by atoms with Crippen molar-refractivity contribution in [2.24, 2.45) is 0 Å². The van der Waals surface area contributed by atoms with Crippen molar-refractivity contribution >= 4 is 67.6 Å². The zero-order chi connectivity index (χ0) is 21.8. The number of fused-ring (bicyclic) bond motifs is 1. The van der Waals surface area contributed by atoms with Crippen molar-refractivity contribution in [2.45, 2.75) is 11.8 Å². The van der Waals surface area contributed by atoms with Crippen molar-refractivity contribution in [2.75, 3.05) is 50.0 Å². The van der Waals surface area contributed by atoms with Gasteiger partial charge in [0, 0.05) is 41.1 Å². The van der Waals surface area contributed by atoms with E-state index < -0.39 is 0 Å². The van der Waals surface area contributed by atoms with Gasteiger partial charge >= 0.3 is 0 Å². The third kappa shape index (κ3) is 5.92. The van der Waals surface area contributed by atoms with Crippen molar-refractivity contribution in [3.05, 3.63) is 52.0 Å². The number of thioether (sulfide) groups is 1. The molecule has 0 unspecified atom stereocenters. The monoisotopic (exact) mass is 495 g/mol. The Kier molecular flexibility index (Phi) is 7.74. The number of anilines is 1. The summed E-state index contributed by atoms with van der Waals surface area (Å²) in [7, 11) is 0. The molecule has 0 spiro atoms. The van der Waals surface area contributed by atoms with Gasteiger partial charge in [0.15, 0.2) is 5.13 Å². The fourth-order valence-corrected chi connectivity index (χ4v) is 5.77. The lowest BCUT2D eigenvalue weighted by Crippen LogP contribution is -2.43. The molecule has 31 heavy (non-hydrogen) atoms. The van der Waals surface area contributed by atoms with Crippen molar-refractivity contribution in [1.82, 2.24) is 9.88 Å². The Bertz CT molecular complexity index is 1050. The summed E-state index contributed by atoms with van der Waals surface area (Å²) in [6.07, 6.45) is 0. The maximum absolute atomic E-state index is 13.3. The number of hydrogen-bond acceptors (Lipinski definition) is 6. The molecule has 0 saturated carbocycles. The van der Waals surface area contributed by atoms with Crippen LogP contribution >= 0.6 is 46.3 Å². The zero-order valence-corrected chi connectivity index (χ0v) is 20.3. The third-order valence-corrected chi connectivity index (χ3v) is 7.58. The molecule has 4 rings (SSSR count). The van der Waals surface area contributed by atoms with E-state index in [0.29, 0.717) is 22.3 Å². The fraction of sp³-hybridized carbons (Fsp3) is 0.364. The van der Waals surface area contributed by atoms with Crippen LogP contribution in [0, 0.1) is 6.92 Å². The van der Waals surface area contributed by atoms with Gasteiger partial charge in [-0.3, -0.25) is 14.6 Å². The summed E-state index contributed by atoms with van der Waals surface area (Å²) < 4.78 is 6.44. The first-order valence-corrected chi connectivity index (χ1v) is 12.6. The number of benzene rings is 2. The number of halogens is 2. The number of nitrogens with zero attached hydrogens (tertiary/aromatic N) is 3. The predicted molar refractivity (Wildman–Crippen MR) is 131 cm³/mol. The summed E-state index contributed by atoms with van der Waals surface area (Å²) >= 11 is 15.2. The number of aromatic nitrogens is 1. The minimum Gasteiger partial charge on any atom is -0.379 e. The molecule has 1 fully saturated rings. The molecule has 0 radical (unpaired) electrons. The van der Waals surface area contributed by atoms with E-state index in [0.717, 1.165) is 58.7 Å². The molecule has 0 bridgehead atoms. The van der Waals surface area contributed by atoms with E-state index in [-0.39, 0.29) is 5.91 Å². The van der Waals surface area contributed by atoms with Gasteiger partial charge in [0.05, 0.1) is 29.2 Å². The Balaban J connectivity index is 1.53. The molecule has 1 saturated heterocycles. The van der Waals surface area contributed by atoms with Gasteiger partial charge in [0.1, 0.15) is 0 Å². The van der Waals surface area contributed by atoms with Crippen LogP contribution in [0.1, 0.15) is 5.56 Å². The number of aryl methyl sites for hydroxylation is 1. The highest BCUT2D eigenvalue weighted by Crippen LogP contribution is 2.33. The maximum atomic E-state index is 13.3. The molecular formula is C22H23Cl2N3O2S2. The normalized spacial score (nSPS) is 14.8. The number of thiazole rings is 1. The second-order valence-electron chi connectivity index (χ2n) is 7.31. The SMILES string of the molecule is Cc1cc(Cl)cc2sc(N(CCN3CCOCC3)C(=O)CSc3ccc(Cl)cc3)nc12. The summed E-state index contributed by atoms with van der Waals surface area (Å²) in [6, 6.07) is 11.4. The number of amides is 1. The molecule has 1 aliphatic heterocycles. The van der Waals surface area contributed by atoms with Gasteiger partial charge in [-0.2, -0.15) is 0 Å². The van der Waals surface area contributed by atoms with Crippen LogP contribution in [0.25, 0.3) is 10.2 Å². The molecule has 1 amide bonds. The second-order valence-corrected chi connectivity index (χ2v) is 10.2. The van der Waals surface area contributed by atoms with Gasteiger partial charge < -0.3 is 4.74 Å². The van der Waals surface area contributed by atoms with Crippen LogP contribution in [0.15, 0.2) is 41.3 Å². The number of carbonyl (C=O) groups excluding carboxylic acids is 1. The Morgan fingerprint density at radius 3 is 2.68 bits per heavy atom. The lowest BCUT2D eigenvalue weighted by atomic mass is 10.2. The predicted octanol–water partition coefficient (Wildman–Crippen LogP) is 5.37. The number of morpholine rings is 1. The molecule has 2 heterocycles. The Labute approximate surface area is 200 Å². The summed E-state index contributed by atoms with van der Waals surface area (Å²) in [4.78, 5) is 23.2. The average molecular weight is 496 g/mol. The molecule has 5 nitrogen and oxygen atoms in total. The first-order valence-electron chi connectivity index (χ1n) is 10.0. The van der Waals surface area contributed by atoms with Crippen LogP contribution < -0.4 is 4.90 Å². The molecule has 3 aromatic rings. The van der Waals surface area contributed by atoms with E-state index in [1.165, 1.54) is 23.1 Å². The van der Waals surface area contributed by atoms with Crippen LogP contribution in [0.2, 0.25) is 10.0 Å². The molecule has 1 aromatic heterocycles. The van der Waals surface area contributed by atoms with Crippen LogP contribution in [-0.4, -0.2) is 60.9 Å². The lowest BCUT2D eigenvalue weighted by molar-refractivity contribution is -0.116. The van der Waals surface area contributed by atoms with E-state index >= 15 is 0 Å². The Hall–Kier alpha value is -1.35. The average Bonchev–Trinajstić information content (AvgIpc) is 3.18. The van der Waals surface area contributed by atoms with Crippen molar-refractivity contribution in [1.29, 1.82) is 0 Å². The smallest absolute Gasteiger partial charge is 0.239 e. The second kappa shape index (κ2) is 10.5. The highest BCUT2D eigenvalue weighted by molar-refractivity contribution is 8.00. The van der Waals surface area contributed by atoms with Gasteiger partial charge in [0.2, 0.25) is 5.91 Å². The largest absolute Gasteiger partial charge is 0.379 e. The number of ether oxygens (including phenoxy) is 1. The van der Waals surface area contributed by atoms with Crippen LogP contribution in [0.4, 0.5) is 5.13 Å². The topological polar surface area (TPSA) is 45.7 Å². The van der Waals surface area contributed by atoms with Gasteiger partial charge in [-0.1, -0.05) is 34.5 Å². The zero-order valence-electron chi connectivity index (χ0n) is 17.1. The Morgan fingerprint density at radius 1 is 1.19 bits per heavy atom. The van der Waals surface area contributed by atoms with Crippen LogP contribution in [0.3, 0.4) is 0 Å². The molecule has 2 aromatic carbocycles. The van der Waals surface area contributed by atoms with E-state index in [1.54, 1.807) is 0 Å². The standard InChI is InChI=1S/C22H23Cl2N3O2S2/c1-15-12-17(24)13-19-21(15)25-22(31-19)27(7-6-26-8-10-29-11-9-26)20(28)14-30-18-4-2-16(23)3-5-18/h2-5,12-13H,6-11,14H2,1H3.